The minimum Gasteiger partial charge on any atom is -0.377 e. The van der Waals surface area contributed by atoms with Crippen LogP contribution in [0.15, 0.2) is 0 Å². The molecule has 1 aliphatic carbocycles. The van der Waals surface area contributed by atoms with Crippen molar-refractivity contribution in [3.8, 4) is 0 Å². The van der Waals surface area contributed by atoms with E-state index in [4.69, 9.17) is 4.74 Å². The SMILES string of the molecule is CNC1(Cc2nn3c(COC)nnc3s2)CCCCC1. The molecule has 1 N–H and O–H groups in total. The molecule has 2 aromatic rings. The van der Waals surface area contributed by atoms with Gasteiger partial charge in [0, 0.05) is 19.1 Å². The van der Waals surface area contributed by atoms with Crippen molar-refractivity contribution < 1.29 is 4.74 Å². The third-order valence-corrected chi connectivity index (χ3v) is 5.10. The molecule has 0 saturated heterocycles. The lowest BCUT2D eigenvalue weighted by Gasteiger charge is -2.36. The number of methoxy groups -OCH3 is 1. The average molecular weight is 295 g/mol. The molecule has 2 heterocycles. The molecule has 0 bridgehead atoms. The van der Waals surface area contributed by atoms with Crippen LogP contribution in [0.3, 0.4) is 0 Å². The van der Waals surface area contributed by atoms with Crippen molar-refractivity contribution in [2.45, 2.75) is 50.7 Å². The van der Waals surface area contributed by atoms with Crippen molar-refractivity contribution >= 4 is 16.3 Å². The second kappa shape index (κ2) is 5.75. The van der Waals surface area contributed by atoms with Gasteiger partial charge in [0.2, 0.25) is 4.96 Å². The van der Waals surface area contributed by atoms with E-state index in [0.29, 0.717) is 6.61 Å². The van der Waals surface area contributed by atoms with E-state index in [1.54, 1.807) is 18.4 Å². The van der Waals surface area contributed by atoms with Gasteiger partial charge in [-0.15, -0.1) is 10.2 Å². The van der Waals surface area contributed by atoms with E-state index in [1.165, 1.54) is 32.1 Å². The highest BCUT2D eigenvalue weighted by molar-refractivity contribution is 7.16. The molecule has 6 nitrogen and oxygen atoms in total. The van der Waals surface area contributed by atoms with E-state index >= 15 is 0 Å². The molecule has 0 amide bonds. The van der Waals surface area contributed by atoms with Gasteiger partial charge < -0.3 is 10.1 Å². The number of nitrogens with one attached hydrogen (secondary N) is 1. The zero-order valence-corrected chi connectivity index (χ0v) is 12.9. The average Bonchev–Trinajstić information content (AvgIpc) is 3.02. The Hall–Kier alpha value is -1.05. The lowest BCUT2D eigenvalue weighted by atomic mass is 9.79. The van der Waals surface area contributed by atoms with Crippen LogP contribution >= 0.6 is 11.3 Å². The fraction of sp³-hybridized carbons (Fsp3) is 0.769. The second-order valence-electron chi connectivity index (χ2n) is 5.51. The zero-order valence-electron chi connectivity index (χ0n) is 12.1. The molecule has 0 aliphatic heterocycles. The van der Waals surface area contributed by atoms with E-state index in [0.717, 1.165) is 22.2 Å². The van der Waals surface area contributed by atoms with E-state index in [2.05, 4.69) is 27.7 Å². The maximum atomic E-state index is 5.12. The van der Waals surface area contributed by atoms with Crippen molar-refractivity contribution in [2.75, 3.05) is 14.2 Å². The molecule has 0 atom stereocenters. The highest BCUT2D eigenvalue weighted by Gasteiger charge is 2.31. The normalized spacial score (nSPS) is 18.7. The van der Waals surface area contributed by atoms with Crippen molar-refractivity contribution in [1.29, 1.82) is 0 Å². The Labute approximate surface area is 122 Å². The number of likely N-dealkylation sites (N-methyl/N-ethyl adjacent to an activating group) is 1. The van der Waals surface area contributed by atoms with Crippen molar-refractivity contribution in [3.63, 3.8) is 0 Å². The predicted octanol–water partition coefficient (Wildman–Crippen LogP) is 1.80. The van der Waals surface area contributed by atoms with Crippen molar-refractivity contribution in [1.82, 2.24) is 25.1 Å². The molecular formula is C13H21N5OS. The fourth-order valence-electron chi connectivity index (χ4n) is 3.02. The minimum absolute atomic E-state index is 0.211. The molecular weight excluding hydrogens is 274 g/mol. The molecule has 1 aliphatic rings. The Morgan fingerprint density at radius 1 is 1.30 bits per heavy atom. The highest BCUT2D eigenvalue weighted by Crippen LogP contribution is 2.32. The van der Waals surface area contributed by atoms with Crippen molar-refractivity contribution in [2.24, 2.45) is 0 Å². The van der Waals surface area contributed by atoms with E-state index < -0.39 is 0 Å². The Morgan fingerprint density at radius 3 is 2.80 bits per heavy atom. The molecule has 7 heteroatoms. The fourth-order valence-corrected chi connectivity index (χ4v) is 4.02. The highest BCUT2D eigenvalue weighted by atomic mass is 32.1. The Balaban J connectivity index is 1.83. The zero-order chi connectivity index (χ0) is 14.0. The largest absolute Gasteiger partial charge is 0.377 e. The lowest BCUT2D eigenvalue weighted by Crippen LogP contribution is -2.46. The summed E-state index contributed by atoms with van der Waals surface area (Å²) in [5.41, 5.74) is 0.211. The predicted molar refractivity (Wildman–Crippen MR) is 78.0 cm³/mol. The van der Waals surface area contributed by atoms with Gasteiger partial charge in [-0.05, 0) is 19.9 Å². The van der Waals surface area contributed by atoms with Crippen LogP contribution in [0.2, 0.25) is 0 Å². The molecule has 0 aromatic carbocycles. The topological polar surface area (TPSA) is 64.3 Å². The molecule has 20 heavy (non-hydrogen) atoms. The van der Waals surface area contributed by atoms with Crippen LogP contribution < -0.4 is 5.32 Å². The Bertz CT molecular complexity index is 572. The first-order valence-electron chi connectivity index (χ1n) is 7.14. The number of fused-ring (bicyclic) bond motifs is 1. The van der Waals surface area contributed by atoms with Crippen LogP contribution in [0.25, 0.3) is 4.96 Å². The van der Waals surface area contributed by atoms with Gasteiger partial charge in [-0.1, -0.05) is 30.6 Å². The molecule has 0 unspecified atom stereocenters. The number of hydrogen-bond donors (Lipinski definition) is 1. The third-order valence-electron chi connectivity index (χ3n) is 4.20. The third kappa shape index (κ3) is 2.57. The lowest BCUT2D eigenvalue weighted by molar-refractivity contribution is 0.176. The molecule has 2 aromatic heterocycles. The summed E-state index contributed by atoms with van der Waals surface area (Å²) in [7, 11) is 3.73. The van der Waals surface area contributed by atoms with Gasteiger partial charge in [-0.25, -0.2) is 0 Å². The summed E-state index contributed by atoms with van der Waals surface area (Å²) in [5.74, 6) is 0.771. The molecule has 3 rings (SSSR count). The molecule has 1 saturated carbocycles. The summed E-state index contributed by atoms with van der Waals surface area (Å²) in [6.07, 6.45) is 7.40. The maximum Gasteiger partial charge on any atom is 0.234 e. The summed E-state index contributed by atoms with van der Waals surface area (Å²) in [6.45, 7) is 0.446. The molecule has 0 radical (unpaired) electrons. The number of rotatable bonds is 5. The van der Waals surface area contributed by atoms with E-state index in [9.17, 15) is 0 Å². The van der Waals surface area contributed by atoms with Gasteiger partial charge >= 0.3 is 0 Å². The molecule has 110 valence electrons. The quantitative estimate of drug-likeness (QED) is 0.911. The van der Waals surface area contributed by atoms with Crippen LogP contribution in [0.1, 0.15) is 42.9 Å². The van der Waals surface area contributed by atoms with Crippen LogP contribution in [-0.4, -0.2) is 39.5 Å². The summed E-state index contributed by atoms with van der Waals surface area (Å²) >= 11 is 1.63. The molecule has 1 fully saturated rings. The minimum atomic E-state index is 0.211. The number of nitrogens with zero attached hydrogens (tertiary/aromatic N) is 4. The van der Waals surface area contributed by atoms with E-state index in [-0.39, 0.29) is 5.54 Å². The standard InChI is InChI=1S/C13H21N5OS/c1-14-13(6-4-3-5-7-13)8-11-17-18-10(9-19-2)15-16-12(18)20-11/h14H,3-9H2,1-2H3. The van der Waals surface area contributed by atoms with Gasteiger partial charge in [-0.2, -0.15) is 9.61 Å². The van der Waals surface area contributed by atoms with Gasteiger partial charge in [0.15, 0.2) is 5.82 Å². The Kier molecular flexibility index (Phi) is 4.00. The van der Waals surface area contributed by atoms with Crippen molar-refractivity contribution in [3.05, 3.63) is 10.8 Å². The maximum absolute atomic E-state index is 5.12. The summed E-state index contributed by atoms with van der Waals surface area (Å²) in [6, 6.07) is 0. The molecule has 0 spiro atoms. The number of aromatic nitrogens is 4. The number of ether oxygens (including phenoxy) is 1. The van der Waals surface area contributed by atoms with Gasteiger partial charge in [0.05, 0.1) is 0 Å². The first kappa shape index (κ1) is 13.9. The van der Waals surface area contributed by atoms with Crippen LogP contribution in [-0.2, 0) is 17.8 Å². The smallest absolute Gasteiger partial charge is 0.234 e. The summed E-state index contributed by atoms with van der Waals surface area (Å²) < 4.78 is 6.94. The number of hydrogen-bond acceptors (Lipinski definition) is 6. The van der Waals surface area contributed by atoms with Gasteiger partial charge in [-0.3, -0.25) is 0 Å². The van der Waals surface area contributed by atoms with Gasteiger partial charge in [0.1, 0.15) is 11.6 Å². The van der Waals surface area contributed by atoms with Crippen LogP contribution in [0.5, 0.6) is 0 Å². The summed E-state index contributed by atoms with van der Waals surface area (Å²) in [5, 5.41) is 17.6. The first-order valence-corrected chi connectivity index (χ1v) is 7.96. The Morgan fingerprint density at radius 2 is 2.10 bits per heavy atom. The second-order valence-corrected chi connectivity index (χ2v) is 6.55. The van der Waals surface area contributed by atoms with Gasteiger partial charge in [0.25, 0.3) is 0 Å². The van der Waals surface area contributed by atoms with Crippen LogP contribution in [0, 0.1) is 0 Å². The first-order chi connectivity index (χ1) is 9.76. The van der Waals surface area contributed by atoms with E-state index in [1.807, 2.05) is 4.52 Å². The monoisotopic (exact) mass is 295 g/mol. The van der Waals surface area contributed by atoms with Crippen LogP contribution in [0.4, 0.5) is 0 Å². The summed E-state index contributed by atoms with van der Waals surface area (Å²) in [4.78, 5) is 0.856.